The minimum Gasteiger partial charge on any atom is -0.457 e. The third-order valence-electron chi connectivity index (χ3n) is 9.25. The van der Waals surface area contributed by atoms with Crippen molar-refractivity contribution in [3.8, 4) is 90.7 Å². The summed E-state index contributed by atoms with van der Waals surface area (Å²) in [5.74, 6) is 3.80. The van der Waals surface area contributed by atoms with Gasteiger partial charge in [-0.15, -0.1) is 0 Å². The van der Waals surface area contributed by atoms with E-state index >= 15 is 0 Å². The van der Waals surface area contributed by atoms with Gasteiger partial charge in [-0.05, 0) is 53.6 Å². The summed E-state index contributed by atoms with van der Waals surface area (Å²) >= 11 is 0. The third kappa shape index (κ3) is 7.38. The molecular weight excluding hydrogens is 675 g/mol. The lowest BCUT2D eigenvalue weighted by molar-refractivity contribution is 0.484. The number of para-hydroxylation sites is 1. The predicted octanol–water partition coefficient (Wildman–Crippen LogP) is 12.1. The van der Waals surface area contributed by atoms with Crippen molar-refractivity contribution >= 4 is 0 Å². The Balaban J connectivity index is 1.05. The Labute approximate surface area is 319 Å². The monoisotopic (exact) mass is 707 g/mol. The molecule has 0 radical (unpaired) electrons. The zero-order valence-corrected chi connectivity index (χ0v) is 29.7. The largest absolute Gasteiger partial charge is 0.457 e. The second kappa shape index (κ2) is 15.2. The molecule has 7 aromatic carbocycles. The molecule has 2 aromatic heterocycles. The van der Waals surface area contributed by atoms with Crippen LogP contribution in [0.5, 0.6) is 11.5 Å². The molecule has 0 spiro atoms. The highest BCUT2D eigenvalue weighted by atomic mass is 16.5. The van der Waals surface area contributed by atoms with Crippen molar-refractivity contribution in [3.63, 3.8) is 0 Å². The SMILES string of the molecule is c1ccc(-c2ccc(-c3cc(-c4ccccc4Oc4ccc(-c5nc(-c6ccccc6)nc(-c6ccccc6)n5)cc4)nc(-c4ccccc4)n3)cc2)cc1. The Hall–Kier alpha value is -7.57. The van der Waals surface area contributed by atoms with Crippen LogP contribution < -0.4 is 4.74 Å². The van der Waals surface area contributed by atoms with Crippen LogP contribution >= 0.6 is 0 Å². The van der Waals surface area contributed by atoms with Crippen LogP contribution in [0.4, 0.5) is 0 Å². The molecule has 260 valence electrons. The van der Waals surface area contributed by atoms with E-state index in [1.54, 1.807) is 0 Å². The van der Waals surface area contributed by atoms with Crippen molar-refractivity contribution < 1.29 is 4.74 Å². The van der Waals surface area contributed by atoms with Crippen LogP contribution in [0, 0.1) is 0 Å². The molecule has 9 aromatic rings. The summed E-state index contributed by atoms with van der Waals surface area (Å²) < 4.78 is 6.58. The fourth-order valence-corrected chi connectivity index (χ4v) is 6.42. The highest BCUT2D eigenvalue weighted by Crippen LogP contribution is 2.36. The first-order valence-electron chi connectivity index (χ1n) is 18.1. The summed E-state index contributed by atoms with van der Waals surface area (Å²) in [6.07, 6.45) is 0. The Morgan fingerprint density at radius 3 is 1.16 bits per heavy atom. The van der Waals surface area contributed by atoms with Crippen molar-refractivity contribution in [2.45, 2.75) is 0 Å². The van der Waals surface area contributed by atoms with E-state index in [-0.39, 0.29) is 0 Å². The van der Waals surface area contributed by atoms with Crippen LogP contribution in [0.25, 0.3) is 79.2 Å². The van der Waals surface area contributed by atoms with E-state index in [1.165, 1.54) is 5.56 Å². The Morgan fingerprint density at radius 1 is 0.273 bits per heavy atom. The first-order chi connectivity index (χ1) is 27.2. The van der Waals surface area contributed by atoms with Crippen molar-refractivity contribution in [2.24, 2.45) is 0 Å². The minimum absolute atomic E-state index is 0.582. The molecule has 0 amide bonds. The van der Waals surface area contributed by atoms with E-state index in [1.807, 2.05) is 152 Å². The lowest BCUT2D eigenvalue weighted by Gasteiger charge is -2.14. The molecule has 0 aliphatic heterocycles. The number of hydrogen-bond acceptors (Lipinski definition) is 6. The van der Waals surface area contributed by atoms with Gasteiger partial charge in [-0.3, -0.25) is 0 Å². The summed E-state index contributed by atoms with van der Waals surface area (Å²) in [6.45, 7) is 0. The summed E-state index contributed by atoms with van der Waals surface area (Å²) in [6, 6.07) is 66.7. The average molecular weight is 708 g/mol. The zero-order valence-electron chi connectivity index (χ0n) is 29.7. The molecule has 0 atom stereocenters. The second-order valence-corrected chi connectivity index (χ2v) is 12.9. The summed E-state index contributed by atoms with van der Waals surface area (Å²) in [5, 5.41) is 0. The van der Waals surface area contributed by atoms with Crippen molar-refractivity contribution in [2.75, 3.05) is 0 Å². The molecule has 0 bridgehead atoms. The van der Waals surface area contributed by atoms with Crippen LogP contribution in [0.15, 0.2) is 200 Å². The van der Waals surface area contributed by atoms with Gasteiger partial charge in [0, 0.05) is 33.4 Å². The maximum atomic E-state index is 6.58. The molecule has 0 N–H and O–H groups in total. The molecule has 6 nitrogen and oxygen atoms in total. The van der Waals surface area contributed by atoms with E-state index < -0.39 is 0 Å². The molecule has 0 aliphatic rings. The predicted molar refractivity (Wildman–Crippen MR) is 220 cm³/mol. The molecule has 0 saturated carbocycles. The van der Waals surface area contributed by atoms with Gasteiger partial charge in [-0.2, -0.15) is 0 Å². The highest BCUT2D eigenvalue weighted by Gasteiger charge is 2.16. The Kier molecular flexibility index (Phi) is 9.19. The summed E-state index contributed by atoms with van der Waals surface area (Å²) in [7, 11) is 0. The fourth-order valence-electron chi connectivity index (χ4n) is 6.42. The Morgan fingerprint density at radius 2 is 0.636 bits per heavy atom. The van der Waals surface area contributed by atoms with E-state index in [0.717, 1.165) is 50.3 Å². The molecule has 9 rings (SSSR count). The van der Waals surface area contributed by atoms with Crippen LogP contribution in [0.1, 0.15) is 0 Å². The number of hydrogen-bond donors (Lipinski definition) is 0. The van der Waals surface area contributed by atoms with Gasteiger partial charge < -0.3 is 4.74 Å². The van der Waals surface area contributed by atoms with Gasteiger partial charge in [-0.25, -0.2) is 24.9 Å². The number of rotatable bonds is 9. The van der Waals surface area contributed by atoms with Gasteiger partial charge >= 0.3 is 0 Å². The third-order valence-corrected chi connectivity index (χ3v) is 9.25. The molecule has 6 heteroatoms. The zero-order chi connectivity index (χ0) is 36.8. The van der Waals surface area contributed by atoms with E-state index in [9.17, 15) is 0 Å². The topological polar surface area (TPSA) is 73.7 Å². The standard InChI is InChI=1S/C49H33N5O/c1-5-15-34(16-6-1)35-25-27-36(28-26-35)43-33-44(51-46(50-43)37-17-7-2-8-18-37)42-23-13-14-24-45(42)55-41-31-29-40(30-32-41)49-53-47(38-19-9-3-10-20-38)52-48(54-49)39-21-11-4-12-22-39/h1-33H. The average Bonchev–Trinajstić information content (AvgIpc) is 3.28. The lowest BCUT2D eigenvalue weighted by Crippen LogP contribution is -2.00. The van der Waals surface area contributed by atoms with E-state index in [0.29, 0.717) is 34.8 Å². The van der Waals surface area contributed by atoms with Crippen molar-refractivity contribution in [1.82, 2.24) is 24.9 Å². The molecule has 0 saturated heterocycles. The number of benzene rings is 7. The second-order valence-electron chi connectivity index (χ2n) is 12.9. The molecule has 2 heterocycles. The first kappa shape index (κ1) is 33.3. The van der Waals surface area contributed by atoms with E-state index in [4.69, 9.17) is 29.7 Å². The number of nitrogens with zero attached hydrogens (tertiary/aromatic N) is 5. The van der Waals surface area contributed by atoms with Crippen LogP contribution in [-0.2, 0) is 0 Å². The van der Waals surface area contributed by atoms with Crippen LogP contribution in [0.2, 0.25) is 0 Å². The van der Waals surface area contributed by atoms with Crippen LogP contribution in [0.3, 0.4) is 0 Å². The Bertz CT molecular complexity index is 2630. The van der Waals surface area contributed by atoms with Gasteiger partial charge in [0.15, 0.2) is 23.3 Å². The molecular formula is C49H33N5O. The van der Waals surface area contributed by atoms with Gasteiger partial charge in [-0.1, -0.05) is 158 Å². The van der Waals surface area contributed by atoms with Gasteiger partial charge in [0.05, 0.1) is 11.4 Å². The minimum atomic E-state index is 0.582. The summed E-state index contributed by atoms with van der Waals surface area (Å²) in [5.41, 5.74) is 9.39. The maximum absolute atomic E-state index is 6.58. The van der Waals surface area contributed by atoms with Crippen molar-refractivity contribution in [3.05, 3.63) is 200 Å². The van der Waals surface area contributed by atoms with Crippen molar-refractivity contribution in [1.29, 1.82) is 0 Å². The smallest absolute Gasteiger partial charge is 0.164 e. The number of ether oxygens (including phenoxy) is 1. The molecule has 0 fully saturated rings. The first-order valence-corrected chi connectivity index (χ1v) is 18.1. The molecule has 0 aliphatic carbocycles. The van der Waals surface area contributed by atoms with Gasteiger partial charge in [0.1, 0.15) is 11.5 Å². The highest BCUT2D eigenvalue weighted by molar-refractivity contribution is 5.77. The number of aromatic nitrogens is 5. The normalized spacial score (nSPS) is 10.9. The molecule has 0 unspecified atom stereocenters. The van der Waals surface area contributed by atoms with Crippen LogP contribution in [-0.4, -0.2) is 24.9 Å². The quantitative estimate of drug-likeness (QED) is 0.149. The fraction of sp³-hybridized carbons (Fsp3) is 0. The summed E-state index contributed by atoms with van der Waals surface area (Å²) in [4.78, 5) is 24.7. The van der Waals surface area contributed by atoms with Gasteiger partial charge in [0.2, 0.25) is 0 Å². The lowest BCUT2D eigenvalue weighted by atomic mass is 10.0. The van der Waals surface area contributed by atoms with E-state index in [2.05, 4.69) is 48.5 Å². The van der Waals surface area contributed by atoms with Gasteiger partial charge in [0.25, 0.3) is 0 Å². The maximum Gasteiger partial charge on any atom is 0.164 e. The molecule has 55 heavy (non-hydrogen) atoms.